The fourth-order valence-electron chi connectivity index (χ4n) is 4.36. The molecule has 2 atom stereocenters. The lowest BCUT2D eigenvalue weighted by Crippen LogP contribution is -2.46. The van der Waals surface area contributed by atoms with E-state index in [2.05, 4.69) is 42.1 Å². The molecule has 1 saturated heterocycles. The summed E-state index contributed by atoms with van der Waals surface area (Å²) in [6.07, 6.45) is 5.23. The first-order chi connectivity index (χ1) is 18.6. The number of anilines is 2. The summed E-state index contributed by atoms with van der Waals surface area (Å²) in [6, 6.07) is -1.37. The second-order valence-electron chi connectivity index (χ2n) is 9.58. The van der Waals surface area contributed by atoms with Crippen LogP contribution in [0.1, 0.15) is 44.0 Å². The maximum absolute atomic E-state index is 11.9. The van der Waals surface area contributed by atoms with Crippen LogP contribution in [-0.2, 0) is 14.3 Å². The quantitative estimate of drug-likeness (QED) is 0.258. The van der Waals surface area contributed by atoms with Crippen molar-refractivity contribution in [3.05, 3.63) is 35.4 Å². The minimum atomic E-state index is -1.41. The molecule has 39 heavy (non-hydrogen) atoms. The second kappa shape index (κ2) is 13.6. The standard InChI is InChI=1S/C26H37N7O6/c1-5-19-7-6-10-27-22(19)28-13-18-8-11-33(12-9-18)23-15(2)21(30-17(4)31-23)29-14-20(25(36)37)32-26(38)39-16(3)24(34)35/h5,13,16,18,20,27H,1,6-12,14H2,2-4H3,(H,32,38)(H,34,35)(H,36,37)(H,29,30,31)/t16-,20-/m0/s1. The number of aliphatic imine (C=N–C) groups is 1. The summed E-state index contributed by atoms with van der Waals surface area (Å²) in [5.41, 5.74) is 1.90. The highest BCUT2D eigenvalue weighted by Crippen LogP contribution is 2.28. The van der Waals surface area contributed by atoms with Crippen LogP contribution in [0.15, 0.2) is 29.0 Å². The van der Waals surface area contributed by atoms with E-state index in [1.165, 1.54) is 6.92 Å². The number of allylic oxidation sites excluding steroid dienone is 2. The first-order valence-corrected chi connectivity index (χ1v) is 13.0. The van der Waals surface area contributed by atoms with Crippen LogP contribution in [0, 0.1) is 19.8 Å². The van der Waals surface area contributed by atoms with Gasteiger partial charge in [0.2, 0.25) is 0 Å². The van der Waals surface area contributed by atoms with E-state index in [1.807, 2.05) is 19.2 Å². The number of aliphatic carboxylic acids is 2. The first-order valence-electron chi connectivity index (χ1n) is 13.0. The average molecular weight is 544 g/mol. The highest BCUT2D eigenvalue weighted by molar-refractivity contribution is 5.82. The number of carboxylic acid groups (broad SMARTS) is 2. The van der Waals surface area contributed by atoms with Crippen molar-refractivity contribution in [2.24, 2.45) is 10.9 Å². The number of hydrogen-bond acceptors (Lipinski definition) is 10. The molecule has 0 unspecified atom stereocenters. The predicted molar refractivity (Wildman–Crippen MR) is 146 cm³/mol. The Bertz CT molecular complexity index is 1140. The normalized spacial score (nSPS) is 17.8. The number of amides is 1. The minimum absolute atomic E-state index is 0.197. The second-order valence-corrected chi connectivity index (χ2v) is 9.58. The van der Waals surface area contributed by atoms with Crippen molar-refractivity contribution in [1.82, 2.24) is 20.6 Å². The smallest absolute Gasteiger partial charge is 0.408 e. The molecule has 13 heteroatoms. The number of aromatic nitrogens is 2. The van der Waals surface area contributed by atoms with Crippen molar-refractivity contribution in [2.75, 3.05) is 36.4 Å². The van der Waals surface area contributed by atoms with Crippen molar-refractivity contribution < 1.29 is 29.3 Å². The molecular formula is C26H37N7O6. The molecule has 3 rings (SSSR count). The van der Waals surface area contributed by atoms with E-state index < -0.39 is 30.2 Å². The number of ether oxygens (including phenoxy) is 1. The Morgan fingerprint density at radius 3 is 2.59 bits per heavy atom. The van der Waals surface area contributed by atoms with Gasteiger partial charge in [0.15, 0.2) is 6.10 Å². The molecule has 2 aliphatic heterocycles. The van der Waals surface area contributed by atoms with Crippen molar-refractivity contribution in [2.45, 2.75) is 58.6 Å². The van der Waals surface area contributed by atoms with Gasteiger partial charge in [-0.25, -0.2) is 29.3 Å². The molecule has 0 saturated carbocycles. The zero-order valence-corrected chi connectivity index (χ0v) is 22.6. The van der Waals surface area contributed by atoms with Crippen LogP contribution in [0.25, 0.3) is 0 Å². The Morgan fingerprint density at radius 1 is 1.23 bits per heavy atom. The zero-order valence-electron chi connectivity index (χ0n) is 22.6. The fraction of sp³-hybridized carbons (Fsp3) is 0.538. The summed E-state index contributed by atoms with van der Waals surface area (Å²) in [5.74, 6) is 0.337. The molecule has 1 amide bonds. The van der Waals surface area contributed by atoms with Crippen LogP contribution in [0.2, 0.25) is 0 Å². The van der Waals surface area contributed by atoms with Crippen molar-refractivity contribution in [1.29, 1.82) is 0 Å². The summed E-state index contributed by atoms with van der Waals surface area (Å²) < 4.78 is 4.66. The number of carboxylic acids is 2. The molecule has 0 bridgehead atoms. The number of piperidine rings is 1. The van der Waals surface area contributed by atoms with Gasteiger partial charge in [0.1, 0.15) is 29.3 Å². The Hall–Kier alpha value is -4.16. The van der Waals surface area contributed by atoms with E-state index in [1.54, 1.807) is 6.92 Å². The van der Waals surface area contributed by atoms with Gasteiger partial charge in [0.25, 0.3) is 0 Å². The number of aryl methyl sites for hydroxylation is 1. The lowest BCUT2D eigenvalue weighted by atomic mass is 9.97. The van der Waals surface area contributed by atoms with Gasteiger partial charge in [-0.3, -0.25) is 0 Å². The first kappa shape index (κ1) is 29.4. The van der Waals surface area contributed by atoms with Gasteiger partial charge < -0.3 is 35.8 Å². The maximum Gasteiger partial charge on any atom is 0.408 e. The molecule has 3 heterocycles. The molecule has 0 aromatic carbocycles. The van der Waals surface area contributed by atoms with Gasteiger partial charge in [0.05, 0.1) is 0 Å². The molecule has 5 N–H and O–H groups in total. The van der Waals surface area contributed by atoms with Gasteiger partial charge >= 0.3 is 18.0 Å². The van der Waals surface area contributed by atoms with Crippen molar-refractivity contribution in [3.63, 3.8) is 0 Å². The molecular weight excluding hydrogens is 506 g/mol. The third kappa shape index (κ3) is 8.16. The van der Waals surface area contributed by atoms with Crippen molar-refractivity contribution in [3.8, 4) is 0 Å². The van der Waals surface area contributed by atoms with Crippen molar-refractivity contribution >= 4 is 35.9 Å². The largest absolute Gasteiger partial charge is 0.480 e. The highest BCUT2D eigenvalue weighted by Gasteiger charge is 2.26. The highest BCUT2D eigenvalue weighted by atomic mass is 16.6. The lowest BCUT2D eigenvalue weighted by molar-refractivity contribution is -0.145. The molecule has 0 spiro atoms. The van der Waals surface area contributed by atoms with Gasteiger partial charge in [-0.2, -0.15) is 0 Å². The third-order valence-electron chi connectivity index (χ3n) is 6.65. The molecule has 13 nitrogen and oxygen atoms in total. The number of alkyl carbamates (subject to hydrolysis) is 1. The topological polar surface area (TPSA) is 178 Å². The van der Waals surface area contributed by atoms with E-state index in [9.17, 15) is 19.5 Å². The van der Waals surface area contributed by atoms with E-state index in [0.29, 0.717) is 17.6 Å². The summed E-state index contributed by atoms with van der Waals surface area (Å²) in [7, 11) is 0. The van der Waals surface area contributed by atoms with E-state index >= 15 is 0 Å². The zero-order chi connectivity index (χ0) is 28.5. The monoisotopic (exact) mass is 543 g/mol. The van der Waals surface area contributed by atoms with Gasteiger partial charge in [-0.15, -0.1) is 0 Å². The van der Waals surface area contributed by atoms with Crippen LogP contribution in [-0.4, -0.2) is 82.8 Å². The third-order valence-corrected chi connectivity index (χ3v) is 6.65. The predicted octanol–water partition coefficient (Wildman–Crippen LogP) is 2.23. The Labute approximate surface area is 227 Å². The van der Waals surface area contributed by atoms with E-state index in [0.717, 1.165) is 68.1 Å². The summed E-state index contributed by atoms with van der Waals surface area (Å²) in [4.78, 5) is 50.4. The summed E-state index contributed by atoms with van der Waals surface area (Å²) in [5, 5.41) is 26.9. The van der Waals surface area contributed by atoms with Crippen LogP contribution >= 0.6 is 0 Å². The van der Waals surface area contributed by atoms with Crippen LogP contribution in [0.3, 0.4) is 0 Å². The van der Waals surface area contributed by atoms with E-state index in [-0.39, 0.29) is 6.54 Å². The summed E-state index contributed by atoms with van der Waals surface area (Å²) in [6.45, 7) is 11.0. The number of nitrogens with one attached hydrogen (secondary N) is 3. The number of carbonyl (C=O) groups is 3. The Balaban J connectivity index is 1.62. The van der Waals surface area contributed by atoms with Gasteiger partial charge in [0, 0.05) is 38.0 Å². The van der Waals surface area contributed by atoms with Gasteiger partial charge in [-0.05, 0) is 57.9 Å². The summed E-state index contributed by atoms with van der Waals surface area (Å²) >= 11 is 0. The maximum atomic E-state index is 11.9. The molecule has 0 aliphatic carbocycles. The van der Waals surface area contributed by atoms with Gasteiger partial charge in [-0.1, -0.05) is 12.7 Å². The van der Waals surface area contributed by atoms with E-state index in [4.69, 9.17) is 10.1 Å². The SMILES string of the molecule is C=CC1=C(N=CC2CCN(c3nc(C)nc(NC[C@H](NC(=O)O[C@@H](C)C(=O)O)C(=O)O)c3C)CC2)NCCC1. The van der Waals surface area contributed by atoms with Crippen LogP contribution in [0.4, 0.5) is 16.4 Å². The molecule has 0 radical (unpaired) electrons. The number of carbonyl (C=O) groups excluding carboxylic acids is 1. The van der Waals surface area contributed by atoms with Crippen LogP contribution in [0.5, 0.6) is 0 Å². The number of rotatable bonds is 11. The number of nitrogens with zero attached hydrogens (tertiary/aromatic N) is 4. The molecule has 212 valence electrons. The molecule has 1 aromatic heterocycles. The Kier molecular flexibility index (Phi) is 10.2. The molecule has 1 fully saturated rings. The number of hydrogen-bond donors (Lipinski definition) is 5. The molecule has 2 aliphatic rings. The average Bonchev–Trinajstić information content (AvgIpc) is 2.91. The minimum Gasteiger partial charge on any atom is -0.480 e. The lowest BCUT2D eigenvalue weighted by Gasteiger charge is -2.33. The molecule has 1 aromatic rings. The Morgan fingerprint density at radius 2 is 1.95 bits per heavy atom. The van der Waals surface area contributed by atoms with Crippen LogP contribution < -0.4 is 20.9 Å². The fourth-order valence-corrected chi connectivity index (χ4v) is 4.36.